The molecule has 0 spiro atoms. The molecule has 0 aromatic rings. The molecule has 0 amide bonds. The van der Waals surface area contributed by atoms with Crippen LogP contribution in [-0.2, 0) is 9.59 Å². The predicted octanol–water partition coefficient (Wildman–Crippen LogP) is 1.86. The van der Waals surface area contributed by atoms with Crippen LogP contribution in [0.25, 0.3) is 0 Å². The maximum absolute atomic E-state index is 10.6. The average molecular weight is 184 g/mol. The monoisotopic (exact) mass is 184 g/mol. The molecule has 3 nitrogen and oxygen atoms in total. The molecule has 1 fully saturated rings. The van der Waals surface area contributed by atoms with Gasteiger partial charge in [0.05, 0.1) is 6.42 Å². The molecular weight excluding hydrogens is 168 g/mol. The molecule has 0 bridgehead atoms. The lowest BCUT2D eigenvalue weighted by molar-refractivity contribution is -0.139. The molecule has 1 N–H and O–H groups in total. The molecule has 1 unspecified atom stereocenters. The van der Waals surface area contributed by atoms with Gasteiger partial charge >= 0.3 is 5.97 Å². The highest BCUT2D eigenvalue weighted by Crippen LogP contribution is 2.30. The molecule has 1 aliphatic rings. The van der Waals surface area contributed by atoms with Crippen molar-refractivity contribution in [1.29, 1.82) is 0 Å². The van der Waals surface area contributed by atoms with Gasteiger partial charge in [-0.05, 0) is 12.3 Å². The van der Waals surface area contributed by atoms with Crippen molar-refractivity contribution in [3.05, 3.63) is 0 Å². The van der Waals surface area contributed by atoms with Crippen LogP contribution in [0.4, 0.5) is 0 Å². The first-order chi connectivity index (χ1) is 6.22. The zero-order chi connectivity index (χ0) is 9.68. The number of carbonyl (C=O) groups excluding carboxylic acids is 1. The van der Waals surface area contributed by atoms with Crippen molar-refractivity contribution in [2.45, 2.75) is 38.5 Å². The first-order valence-corrected chi connectivity index (χ1v) is 4.89. The third-order valence-corrected chi connectivity index (χ3v) is 2.74. The summed E-state index contributed by atoms with van der Waals surface area (Å²) < 4.78 is 0. The van der Waals surface area contributed by atoms with Gasteiger partial charge in [0, 0.05) is 5.92 Å². The van der Waals surface area contributed by atoms with E-state index in [0.717, 1.165) is 12.7 Å². The van der Waals surface area contributed by atoms with Crippen molar-refractivity contribution in [3.63, 3.8) is 0 Å². The molecule has 1 aliphatic carbocycles. The predicted molar refractivity (Wildman–Crippen MR) is 48.4 cm³/mol. The largest absolute Gasteiger partial charge is 0.481 e. The molecule has 0 saturated heterocycles. The Morgan fingerprint density at radius 3 is 2.54 bits per heavy atom. The fraction of sp³-hybridized carbons (Fsp3) is 0.800. The van der Waals surface area contributed by atoms with Gasteiger partial charge in [-0.15, -0.1) is 0 Å². The second kappa shape index (κ2) is 5.00. The van der Waals surface area contributed by atoms with Crippen molar-refractivity contribution < 1.29 is 14.7 Å². The second-order valence-electron chi connectivity index (χ2n) is 3.88. The lowest BCUT2D eigenvalue weighted by Crippen LogP contribution is -2.12. The summed E-state index contributed by atoms with van der Waals surface area (Å²) in [5.41, 5.74) is 0. The van der Waals surface area contributed by atoms with Gasteiger partial charge in [-0.25, -0.2) is 0 Å². The Morgan fingerprint density at radius 1 is 1.46 bits per heavy atom. The van der Waals surface area contributed by atoms with E-state index in [1.54, 1.807) is 0 Å². The summed E-state index contributed by atoms with van der Waals surface area (Å²) in [6, 6.07) is 0. The summed E-state index contributed by atoms with van der Waals surface area (Å²) in [5.74, 6) is -0.537. The van der Waals surface area contributed by atoms with Crippen LogP contribution < -0.4 is 0 Å². The minimum Gasteiger partial charge on any atom is -0.481 e. The Labute approximate surface area is 78.1 Å². The fourth-order valence-corrected chi connectivity index (χ4v) is 2.09. The minimum absolute atomic E-state index is 0. The molecule has 0 radical (unpaired) electrons. The van der Waals surface area contributed by atoms with E-state index < -0.39 is 5.97 Å². The molecule has 0 aliphatic heterocycles. The number of carboxylic acid groups (broad SMARTS) is 1. The number of hydrogen-bond donors (Lipinski definition) is 1. The Bertz CT molecular complexity index is 183. The highest BCUT2D eigenvalue weighted by atomic mass is 16.4. The summed E-state index contributed by atoms with van der Waals surface area (Å²) >= 11 is 0. The highest BCUT2D eigenvalue weighted by molar-refractivity contribution is 5.71. The van der Waals surface area contributed by atoms with Crippen molar-refractivity contribution in [3.8, 4) is 0 Å². The van der Waals surface area contributed by atoms with Gasteiger partial charge < -0.3 is 9.90 Å². The van der Waals surface area contributed by atoms with Crippen LogP contribution in [0.5, 0.6) is 0 Å². The van der Waals surface area contributed by atoms with Gasteiger partial charge in [-0.2, -0.15) is 0 Å². The van der Waals surface area contributed by atoms with Crippen LogP contribution in [0, 0.1) is 11.8 Å². The molecule has 1 atom stereocenters. The first kappa shape index (κ1) is 10.2. The third-order valence-electron chi connectivity index (χ3n) is 2.74. The standard InChI is InChI=1S/C10H16O3/c11-7-9(6-10(12)13)5-8-3-1-2-4-8/h7-9H,1-6H2,(H,12,13). The summed E-state index contributed by atoms with van der Waals surface area (Å²) in [5, 5.41) is 8.53. The van der Waals surface area contributed by atoms with Gasteiger partial charge in [-0.3, -0.25) is 4.79 Å². The lowest BCUT2D eigenvalue weighted by atomic mass is 9.92. The van der Waals surface area contributed by atoms with E-state index in [2.05, 4.69) is 0 Å². The molecule has 1 rings (SSSR count). The molecular formula is C10H16O3. The maximum Gasteiger partial charge on any atom is 0.304 e. The van der Waals surface area contributed by atoms with E-state index in [4.69, 9.17) is 5.11 Å². The smallest absolute Gasteiger partial charge is 0.304 e. The Kier molecular flexibility index (Phi) is 3.93. The summed E-state index contributed by atoms with van der Waals surface area (Å²) in [6.07, 6.45) is 6.39. The SMILES string of the molecule is O=CC(CC(=O)O)CC1CCCC1. The van der Waals surface area contributed by atoms with E-state index >= 15 is 0 Å². The normalized spacial score (nSPS) is 20.0. The number of carbonyl (C=O) groups is 2. The summed E-state index contributed by atoms with van der Waals surface area (Å²) in [6.45, 7) is 0. The molecule has 0 aromatic heterocycles. The topological polar surface area (TPSA) is 54.4 Å². The molecule has 13 heavy (non-hydrogen) atoms. The Balaban J connectivity index is 2.29. The van der Waals surface area contributed by atoms with E-state index in [0.29, 0.717) is 5.92 Å². The molecule has 1 saturated carbocycles. The third kappa shape index (κ3) is 3.57. The Morgan fingerprint density at radius 2 is 2.08 bits per heavy atom. The van der Waals surface area contributed by atoms with Crippen LogP contribution >= 0.6 is 0 Å². The molecule has 0 aromatic carbocycles. The van der Waals surface area contributed by atoms with Crippen molar-refractivity contribution >= 4 is 12.3 Å². The van der Waals surface area contributed by atoms with Crippen LogP contribution in [-0.4, -0.2) is 17.4 Å². The van der Waals surface area contributed by atoms with Crippen molar-refractivity contribution in [2.75, 3.05) is 0 Å². The zero-order valence-electron chi connectivity index (χ0n) is 7.74. The Hall–Kier alpha value is -0.860. The van der Waals surface area contributed by atoms with Crippen LogP contribution in [0.15, 0.2) is 0 Å². The lowest BCUT2D eigenvalue weighted by Gasteiger charge is -2.12. The van der Waals surface area contributed by atoms with Gasteiger partial charge in [0.2, 0.25) is 0 Å². The summed E-state index contributed by atoms with van der Waals surface area (Å²) in [7, 11) is 0. The van der Waals surface area contributed by atoms with E-state index in [-0.39, 0.29) is 12.3 Å². The molecule has 0 heterocycles. The van der Waals surface area contributed by atoms with Gasteiger partial charge in [0.15, 0.2) is 0 Å². The maximum atomic E-state index is 10.6. The zero-order valence-corrected chi connectivity index (χ0v) is 7.74. The number of hydrogen-bond acceptors (Lipinski definition) is 2. The van der Waals surface area contributed by atoms with Crippen molar-refractivity contribution in [2.24, 2.45) is 11.8 Å². The van der Waals surface area contributed by atoms with E-state index in [9.17, 15) is 9.59 Å². The first-order valence-electron chi connectivity index (χ1n) is 4.89. The minimum atomic E-state index is -0.866. The number of aldehydes is 1. The van der Waals surface area contributed by atoms with Crippen molar-refractivity contribution in [1.82, 2.24) is 0 Å². The number of rotatable bonds is 5. The number of carboxylic acids is 1. The van der Waals surface area contributed by atoms with E-state index in [1.807, 2.05) is 0 Å². The second-order valence-corrected chi connectivity index (χ2v) is 3.88. The van der Waals surface area contributed by atoms with Crippen LogP contribution in [0.1, 0.15) is 38.5 Å². The molecule has 3 heteroatoms. The van der Waals surface area contributed by atoms with Gasteiger partial charge in [0.25, 0.3) is 0 Å². The quantitative estimate of drug-likeness (QED) is 0.663. The molecule has 74 valence electrons. The highest BCUT2D eigenvalue weighted by Gasteiger charge is 2.21. The van der Waals surface area contributed by atoms with E-state index in [1.165, 1.54) is 25.7 Å². The van der Waals surface area contributed by atoms with Gasteiger partial charge in [0.1, 0.15) is 6.29 Å². The fourth-order valence-electron chi connectivity index (χ4n) is 2.09. The van der Waals surface area contributed by atoms with Gasteiger partial charge in [-0.1, -0.05) is 25.7 Å². The summed E-state index contributed by atoms with van der Waals surface area (Å²) in [4.78, 5) is 20.9. The number of aliphatic carboxylic acids is 1. The van der Waals surface area contributed by atoms with Crippen LogP contribution in [0.3, 0.4) is 0 Å². The van der Waals surface area contributed by atoms with Crippen LogP contribution in [0.2, 0.25) is 0 Å². The average Bonchev–Trinajstić information content (AvgIpc) is 2.55.